The molecule has 0 aliphatic heterocycles. The lowest BCUT2D eigenvalue weighted by atomic mass is 10.4. The zero-order chi connectivity index (χ0) is 27.0. The highest BCUT2D eigenvalue weighted by molar-refractivity contribution is 5.75. The van der Waals surface area contributed by atoms with E-state index in [1.54, 1.807) is 0 Å². The topological polar surface area (TPSA) is 273 Å². The molecule has 16 nitrogen and oxygen atoms in total. The maximum Gasteiger partial charge on any atom is 0.317 e. The Labute approximate surface area is 198 Å². The SMILES string of the molecule is O=C(O)CN(CC(=O)O)CC(=O)O.OCCNCCO.OCCNCCO.OCCNCCO. The van der Waals surface area contributed by atoms with Crippen LogP contribution >= 0.6 is 0 Å². The lowest BCUT2D eigenvalue weighted by Gasteiger charge is -2.14. The predicted octanol–water partition coefficient (Wildman–Crippen LogP) is -5.78. The summed E-state index contributed by atoms with van der Waals surface area (Å²) in [6.07, 6.45) is 0. The summed E-state index contributed by atoms with van der Waals surface area (Å²) in [6.45, 7) is 2.46. The lowest BCUT2D eigenvalue weighted by Crippen LogP contribution is -2.38. The van der Waals surface area contributed by atoms with Crippen LogP contribution in [-0.2, 0) is 14.4 Å². The Bertz CT molecular complexity index is 373. The van der Waals surface area contributed by atoms with Crippen LogP contribution in [0.25, 0.3) is 0 Å². The van der Waals surface area contributed by atoms with Crippen molar-refractivity contribution in [1.29, 1.82) is 0 Å². The van der Waals surface area contributed by atoms with E-state index in [1.165, 1.54) is 0 Å². The number of aliphatic hydroxyl groups excluding tert-OH is 6. The first-order valence-corrected chi connectivity index (χ1v) is 10.3. The van der Waals surface area contributed by atoms with Gasteiger partial charge in [-0.05, 0) is 0 Å². The number of carboxylic acid groups (broad SMARTS) is 3. The van der Waals surface area contributed by atoms with Gasteiger partial charge in [0.15, 0.2) is 0 Å². The number of aliphatic carboxylic acids is 3. The van der Waals surface area contributed by atoms with Gasteiger partial charge >= 0.3 is 17.9 Å². The van der Waals surface area contributed by atoms with Crippen molar-refractivity contribution in [2.45, 2.75) is 0 Å². The lowest BCUT2D eigenvalue weighted by molar-refractivity contribution is -0.144. The predicted molar refractivity (Wildman–Crippen MR) is 120 cm³/mol. The van der Waals surface area contributed by atoms with E-state index in [0.29, 0.717) is 39.3 Å². The summed E-state index contributed by atoms with van der Waals surface area (Å²) in [5, 5.41) is 82.1. The van der Waals surface area contributed by atoms with Gasteiger partial charge in [0.25, 0.3) is 0 Å². The molecule has 0 bridgehead atoms. The molecule has 0 aliphatic rings. The maximum absolute atomic E-state index is 10.1. The summed E-state index contributed by atoms with van der Waals surface area (Å²) in [5.41, 5.74) is 0. The minimum atomic E-state index is -1.26. The molecule has 0 spiro atoms. The normalized spacial score (nSPS) is 9.62. The number of hydrogen-bond acceptors (Lipinski definition) is 13. The van der Waals surface area contributed by atoms with E-state index in [2.05, 4.69) is 16.0 Å². The molecular formula is C18H42N4O12. The summed E-state index contributed by atoms with van der Waals surface area (Å²) in [6, 6.07) is 0. The molecule has 0 atom stereocenters. The average molecular weight is 507 g/mol. The Morgan fingerprint density at radius 3 is 0.735 bits per heavy atom. The Morgan fingerprint density at radius 2 is 0.618 bits per heavy atom. The summed E-state index contributed by atoms with van der Waals surface area (Å²) in [4.78, 5) is 31.2. The van der Waals surface area contributed by atoms with Crippen molar-refractivity contribution in [2.75, 3.05) is 98.5 Å². The molecular weight excluding hydrogens is 464 g/mol. The van der Waals surface area contributed by atoms with Gasteiger partial charge in [-0.25, -0.2) is 0 Å². The molecule has 206 valence electrons. The van der Waals surface area contributed by atoms with Crippen LogP contribution in [0.5, 0.6) is 0 Å². The Hall–Kier alpha value is -1.99. The minimum Gasteiger partial charge on any atom is -0.480 e. The maximum atomic E-state index is 10.1. The van der Waals surface area contributed by atoms with Crippen LogP contribution in [-0.4, -0.2) is 167 Å². The van der Waals surface area contributed by atoms with E-state index < -0.39 is 37.5 Å². The quantitative estimate of drug-likeness (QED) is 0.0771. The smallest absolute Gasteiger partial charge is 0.317 e. The fourth-order valence-electron chi connectivity index (χ4n) is 1.59. The third kappa shape index (κ3) is 52.1. The fraction of sp³-hybridized carbons (Fsp3) is 0.833. The van der Waals surface area contributed by atoms with Crippen LogP contribution in [0.2, 0.25) is 0 Å². The molecule has 0 rings (SSSR count). The van der Waals surface area contributed by atoms with Crippen molar-refractivity contribution in [3.63, 3.8) is 0 Å². The summed E-state index contributed by atoms with van der Waals surface area (Å²) >= 11 is 0. The molecule has 12 N–H and O–H groups in total. The molecule has 0 aromatic carbocycles. The van der Waals surface area contributed by atoms with Gasteiger partial charge in [-0.3, -0.25) is 19.3 Å². The third-order valence-corrected chi connectivity index (χ3v) is 2.81. The Balaban J connectivity index is -0.000000186. The van der Waals surface area contributed by atoms with Crippen LogP contribution in [0, 0.1) is 0 Å². The number of rotatable bonds is 18. The highest BCUT2D eigenvalue weighted by Crippen LogP contribution is 1.87. The molecule has 0 aliphatic carbocycles. The van der Waals surface area contributed by atoms with Gasteiger partial charge in [-0.15, -0.1) is 0 Å². The number of carbonyl (C=O) groups is 3. The van der Waals surface area contributed by atoms with E-state index in [9.17, 15) is 14.4 Å². The van der Waals surface area contributed by atoms with Crippen molar-refractivity contribution < 1.29 is 60.3 Å². The number of carboxylic acids is 3. The molecule has 0 heterocycles. The van der Waals surface area contributed by atoms with E-state index in [-0.39, 0.29) is 39.6 Å². The minimum absolute atomic E-state index is 0.139. The average Bonchev–Trinajstić information content (AvgIpc) is 2.75. The molecule has 0 aromatic heterocycles. The number of nitrogens with zero attached hydrogens (tertiary/aromatic N) is 1. The van der Waals surface area contributed by atoms with Gasteiger partial charge in [-0.2, -0.15) is 0 Å². The molecule has 0 unspecified atom stereocenters. The van der Waals surface area contributed by atoms with Gasteiger partial charge in [0.1, 0.15) is 0 Å². The van der Waals surface area contributed by atoms with E-state index in [0.717, 1.165) is 4.90 Å². The van der Waals surface area contributed by atoms with Gasteiger partial charge in [0, 0.05) is 39.3 Å². The van der Waals surface area contributed by atoms with E-state index >= 15 is 0 Å². The molecule has 0 aromatic rings. The van der Waals surface area contributed by atoms with Crippen molar-refractivity contribution in [1.82, 2.24) is 20.9 Å². The van der Waals surface area contributed by atoms with Crippen LogP contribution in [0.3, 0.4) is 0 Å². The highest BCUT2D eigenvalue weighted by atomic mass is 16.4. The first kappa shape index (κ1) is 39.2. The third-order valence-electron chi connectivity index (χ3n) is 2.81. The first-order chi connectivity index (χ1) is 16.2. The van der Waals surface area contributed by atoms with Gasteiger partial charge in [-0.1, -0.05) is 0 Å². The molecule has 0 radical (unpaired) electrons. The summed E-state index contributed by atoms with van der Waals surface area (Å²) in [5.74, 6) is -3.78. The monoisotopic (exact) mass is 506 g/mol. The zero-order valence-corrected chi connectivity index (χ0v) is 19.3. The molecule has 16 heteroatoms. The van der Waals surface area contributed by atoms with Crippen molar-refractivity contribution in [2.24, 2.45) is 0 Å². The van der Waals surface area contributed by atoms with Crippen LogP contribution in [0.15, 0.2) is 0 Å². The fourth-order valence-corrected chi connectivity index (χ4v) is 1.59. The molecule has 0 amide bonds. The number of nitrogens with one attached hydrogen (secondary N) is 3. The molecule has 0 saturated heterocycles. The molecule has 0 fully saturated rings. The summed E-state index contributed by atoms with van der Waals surface area (Å²) < 4.78 is 0. The van der Waals surface area contributed by atoms with Crippen molar-refractivity contribution in [3.05, 3.63) is 0 Å². The zero-order valence-electron chi connectivity index (χ0n) is 19.3. The number of aliphatic hydroxyl groups is 6. The van der Waals surface area contributed by atoms with Gasteiger partial charge in [0.05, 0.1) is 59.3 Å². The van der Waals surface area contributed by atoms with Crippen LogP contribution in [0.4, 0.5) is 0 Å². The van der Waals surface area contributed by atoms with Crippen LogP contribution < -0.4 is 16.0 Å². The first-order valence-electron chi connectivity index (χ1n) is 10.3. The second-order valence-electron chi connectivity index (χ2n) is 5.92. The Kier molecular flexibility index (Phi) is 41.1. The molecule has 0 saturated carbocycles. The second-order valence-corrected chi connectivity index (χ2v) is 5.92. The summed E-state index contributed by atoms with van der Waals surface area (Å²) in [7, 11) is 0. The standard InChI is InChI=1S/C6H9NO6.3C4H11NO2/c8-4(9)1-7(2-5(10)11)3-6(12)13;3*6-3-1-5-2-4-7/h1-3H2,(H,8,9)(H,10,11)(H,12,13);3*5-7H,1-4H2. The highest BCUT2D eigenvalue weighted by Gasteiger charge is 2.15. The molecule has 34 heavy (non-hydrogen) atoms. The number of hydrogen-bond donors (Lipinski definition) is 12. The van der Waals surface area contributed by atoms with E-state index in [1.807, 2.05) is 0 Å². The Morgan fingerprint density at radius 1 is 0.441 bits per heavy atom. The van der Waals surface area contributed by atoms with Crippen molar-refractivity contribution in [3.8, 4) is 0 Å². The largest absolute Gasteiger partial charge is 0.480 e. The van der Waals surface area contributed by atoms with E-state index in [4.69, 9.17) is 46.0 Å². The van der Waals surface area contributed by atoms with Crippen molar-refractivity contribution >= 4 is 17.9 Å². The van der Waals surface area contributed by atoms with Gasteiger partial charge < -0.3 is 61.9 Å². The van der Waals surface area contributed by atoms with Crippen LogP contribution in [0.1, 0.15) is 0 Å². The van der Waals surface area contributed by atoms with Gasteiger partial charge in [0.2, 0.25) is 0 Å². The second kappa shape index (κ2) is 35.6.